The molecule has 3 rings (SSSR count). The van der Waals surface area contributed by atoms with Gasteiger partial charge in [0.25, 0.3) is 0 Å². The number of fused-ring (bicyclic) bond motifs is 1. The monoisotopic (exact) mass is 457 g/mol. The zero-order valence-electron chi connectivity index (χ0n) is 18.5. The highest BCUT2D eigenvalue weighted by atomic mass is 35.5. The predicted molar refractivity (Wildman–Crippen MR) is 126 cm³/mol. The summed E-state index contributed by atoms with van der Waals surface area (Å²) in [4.78, 5) is 22.5. The van der Waals surface area contributed by atoms with Crippen LogP contribution in [0.15, 0.2) is 41.9 Å². The number of carboxylic acid groups (broad SMARTS) is 1. The van der Waals surface area contributed by atoms with Crippen molar-refractivity contribution in [3.63, 3.8) is 0 Å². The number of aliphatic imine (C=N–C) groups is 1. The summed E-state index contributed by atoms with van der Waals surface area (Å²) in [7, 11) is 0. The molecule has 32 heavy (non-hydrogen) atoms. The third-order valence-electron chi connectivity index (χ3n) is 5.33. The molecule has 0 atom stereocenters. The van der Waals surface area contributed by atoms with E-state index in [9.17, 15) is 4.79 Å². The number of nitrogens with zero attached hydrogens (tertiary/aromatic N) is 2. The molecule has 0 saturated heterocycles. The Balaban J connectivity index is 1.85. The maximum absolute atomic E-state index is 11.0. The molecular weight excluding hydrogens is 430 g/mol. The lowest BCUT2D eigenvalue weighted by atomic mass is 9.91. The summed E-state index contributed by atoms with van der Waals surface area (Å²) in [5, 5.41) is 9.48. The maximum Gasteiger partial charge on any atom is 0.317 e. The van der Waals surface area contributed by atoms with Gasteiger partial charge in [0.1, 0.15) is 5.75 Å². The molecular formula is C24H28ClN3O4. The van der Waals surface area contributed by atoms with Gasteiger partial charge in [-0.05, 0) is 62.1 Å². The number of carboxylic acids is 1. The number of rotatable bonds is 7. The molecule has 1 aliphatic rings. The zero-order valence-corrected chi connectivity index (χ0v) is 19.3. The molecule has 170 valence electrons. The van der Waals surface area contributed by atoms with Gasteiger partial charge in [0, 0.05) is 24.2 Å². The van der Waals surface area contributed by atoms with Crippen LogP contribution in [0, 0.1) is 6.92 Å². The first-order chi connectivity index (χ1) is 15.2. The Morgan fingerprint density at radius 1 is 1.34 bits per heavy atom. The molecule has 0 unspecified atom stereocenters. The van der Waals surface area contributed by atoms with Crippen LogP contribution >= 0.6 is 11.6 Å². The van der Waals surface area contributed by atoms with Gasteiger partial charge in [-0.2, -0.15) is 5.90 Å². The van der Waals surface area contributed by atoms with E-state index in [1.807, 2.05) is 37.8 Å². The molecule has 0 aliphatic carbocycles. The molecule has 0 fully saturated rings. The Morgan fingerprint density at radius 3 is 2.72 bits per heavy atom. The van der Waals surface area contributed by atoms with Crippen molar-refractivity contribution in [2.24, 2.45) is 10.9 Å². The largest absolute Gasteiger partial charge is 0.489 e. The highest BCUT2D eigenvalue weighted by Gasteiger charge is 2.21. The average Bonchev–Trinajstić information content (AvgIpc) is 2.72. The highest BCUT2D eigenvalue weighted by molar-refractivity contribution is 6.32. The first-order valence-corrected chi connectivity index (χ1v) is 10.7. The van der Waals surface area contributed by atoms with E-state index in [-0.39, 0.29) is 18.5 Å². The van der Waals surface area contributed by atoms with E-state index in [0.717, 1.165) is 23.1 Å². The van der Waals surface area contributed by atoms with Crippen molar-refractivity contribution in [1.82, 2.24) is 4.90 Å². The van der Waals surface area contributed by atoms with E-state index >= 15 is 0 Å². The molecule has 0 bridgehead atoms. The van der Waals surface area contributed by atoms with Crippen LogP contribution < -0.4 is 10.6 Å². The summed E-state index contributed by atoms with van der Waals surface area (Å²) in [6, 6.07) is 9.17. The molecule has 7 nitrogen and oxygen atoms in total. The SMILES string of the molecule is C=C(/N=C(\ON)c1ccc(OC(C)C)c(Cl)c1)c1ccc2c(c1C)CCN(CC(=O)O)C2. The highest BCUT2D eigenvalue weighted by Crippen LogP contribution is 2.30. The average molecular weight is 458 g/mol. The number of carbonyl (C=O) groups is 1. The number of hydrogen-bond acceptors (Lipinski definition) is 6. The standard InChI is InChI=1S/C24H28ClN3O4/c1-14(2)31-22-8-6-17(11-21(22)25)24(32-26)27-16(4)19-7-5-18-12-28(13-23(29)30)10-9-20(18)15(19)3/h5-8,11,14H,4,9-10,12-13,26H2,1-3H3,(H,29,30)/b27-24-. The van der Waals surface area contributed by atoms with Crippen molar-refractivity contribution in [2.45, 2.75) is 39.8 Å². The second kappa shape index (κ2) is 10.2. The van der Waals surface area contributed by atoms with Crippen molar-refractivity contribution in [2.75, 3.05) is 13.1 Å². The van der Waals surface area contributed by atoms with Crippen molar-refractivity contribution in [1.29, 1.82) is 0 Å². The van der Waals surface area contributed by atoms with Crippen LogP contribution in [0.2, 0.25) is 5.02 Å². The third-order valence-corrected chi connectivity index (χ3v) is 5.62. The minimum Gasteiger partial charge on any atom is -0.489 e. The molecule has 0 amide bonds. The summed E-state index contributed by atoms with van der Waals surface area (Å²) in [6.45, 7) is 11.3. The molecule has 1 aliphatic heterocycles. The molecule has 2 aromatic carbocycles. The van der Waals surface area contributed by atoms with E-state index in [4.69, 9.17) is 32.2 Å². The Hall–Kier alpha value is -2.87. The van der Waals surface area contributed by atoms with Crippen LogP contribution in [0.1, 0.15) is 41.7 Å². The summed E-state index contributed by atoms with van der Waals surface area (Å²) in [6.07, 6.45) is 0.770. The third kappa shape index (κ3) is 5.48. The topological polar surface area (TPSA) is 97.4 Å². The Labute approximate surface area is 193 Å². The lowest BCUT2D eigenvalue weighted by molar-refractivity contribution is -0.138. The normalized spacial score (nSPS) is 14.2. The lowest BCUT2D eigenvalue weighted by Crippen LogP contribution is -2.35. The fraction of sp³-hybridized carbons (Fsp3) is 0.333. The van der Waals surface area contributed by atoms with Gasteiger partial charge in [0.05, 0.1) is 23.4 Å². The van der Waals surface area contributed by atoms with Gasteiger partial charge >= 0.3 is 5.97 Å². The Kier molecular flexibility index (Phi) is 7.56. The van der Waals surface area contributed by atoms with E-state index in [0.29, 0.717) is 35.1 Å². The summed E-state index contributed by atoms with van der Waals surface area (Å²) in [5.74, 6) is 5.45. The van der Waals surface area contributed by atoms with Gasteiger partial charge in [-0.3, -0.25) is 9.69 Å². The first-order valence-electron chi connectivity index (χ1n) is 10.4. The van der Waals surface area contributed by atoms with Crippen molar-refractivity contribution in [3.05, 3.63) is 69.8 Å². The minimum atomic E-state index is -0.817. The minimum absolute atomic E-state index is 0.000199. The first kappa shape index (κ1) is 23.8. The lowest BCUT2D eigenvalue weighted by Gasteiger charge is -2.29. The van der Waals surface area contributed by atoms with Gasteiger partial charge in [-0.15, -0.1) is 0 Å². The molecule has 0 aromatic heterocycles. The summed E-state index contributed by atoms with van der Waals surface area (Å²) < 4.78 is 5.66. The molecule has 0 saturated carbocycles. The fourth-order valence-corrected chi connectivity index (χ4v) is 4.09. The van der Waals surface area contributed by atoms with Crippen molar-refractivity contribution in [3.8, 4) is 5.75 Å². The van der Waals surface area contributed by atoms with Crippen LogP contribution in [0.25, 0.3) is 5.70 Å². The number of ether oxygens (including phenoxy) is 1. The van der Waals surface area contributed by atoms with Crippen LogP contribution in [-0.4, -0.2) is 41.1 Å². The van der Waals surface area contributed by atoms with Gasteiger partial charge in [0.15, 0.2) is 0 Å². The smallest absolute Gasteiger partial charge is 0.317 e. The summed E-state index contributed by atoms with van der Waals surface area (Å²) in [5.41, 5.74) is 5.40. The van der Waals surface area contributed by atoms with Crippen molar-refractivity contribution < 1.29 is 19.5 Å². The zero-order chi connectivity index (χ0) is 23.4. The summed E-state index contributed by atoms with van der Waals surface area (Å²) >= 11 is 6.34. The molecule has 0 spiro atoms. The Bertz CT molecular complexity index is 1070. The van der Waals surface area contributed by atoms with Crippen LogP contribution in [0.5, 0.6) is 5.75 Å². The van der Waals surface area contributed by atoms with Crippen molar-refractivity contribution >= 4 is 29.2 Å². The van der Waals surface area contributed by atoms with E-state index in [1.165, 1.54) is 5.56 Å². The molecule has 0 radical (unpaired) electrons. The maximum atomic E-state index is 11.0. The fourth-order valence-electron chi connectivity index (χ4n) is 3.86. The predicted octanol–water partition coefficient (Wildman–Crippen LogP) is 4.19. The number of hydrogen-bond donors (Lipinski definition) is 2. The van der Waals surface area contributed by atoms with Crippen LogP contribution in [0.4, 0.5) is 0 Å². The molecule has 2 aromatic rings. The molecule has 1 heterocycles. The Morgan fingerprint density at radius 2 is 2.09 bits per heavy atom. The van der Waals surface area contributed by atoms with Gasteiger partial charge in [0.2, 0.25) is 5.90 Å². The second-order valence-corrected chi connectivity index (χ2v) is 8.43. The van der Waals surface area contributed by atoms with E-state index < -0.39 is 5.97 Å². The van der Waals surface area contributed by atoms with Gasteiger partial charge < -0.3 is 14.7 Å². The van der Waals surface area contributed by atoms with Crippen LogP contribution in [-0.2, 0) is 22.6 Å². The number of halogens is 1. The van der Waals surface area contributed by atoms with Crippen LogP contribution in [0.3, 0.4) is 0 Å². The number of nitrogens with two attached hydrogens (primary N) is 1. The molecule has 8 heteroatoms. The molecule has 3 N–H and O–H groups in total. The van der Waals surface area contributed by atoms with Gasteiger partial charge in [-0.25, -0.2) is 4.99 Å². The van der Waals surface area contributed by atoms with E-state index in [1.54, 1.807) is 18.2 Å². The van der Waals surface area contributed by atoms with Gasteiger partial charge in [-0.1, -0.05) is 30.3 Å². The van der Waals surface area contributed by atoms with E-state index in [2.05, 4.69) is 11.6 Å². The second-order valence-electron chi connectivity index (χ2n) is 8.02. The number of benzene rings is 2. The number of aliphatic carboxylic acids is 1. The quantitative estimate of drug-likeness (QED) is 0.367.